The van der Waals surface area contributed by atoms with Crippen LogP contribution < -0.4 is 5.73 Å². The lowest BCUT2D eigenvalue weighted by Crippen LogP contribution is -2.42. The van der Waals surface area contributed by atoms with Gasteiger partial charge in [0.05, 0.1) is 23.6 Å². The monoisotopic (exact) mass is 319 g/mol. The molecule has 7 heteroatoms. The van der Waals surface area contributed by atoms with Crippen LogP contribution in [0.15, 0.2) is 28.7 Å². The quantitative estimate of drug-likeness (QED) is 0.665. The number of amides is 2. The summed E-state index contributed by atoms with van der Waals surface area (Å²) in [5.74, 6) is 0.260. The molecule has 0 radical (unpaired) electrons. The van der Waals surface area contributed by atoms with Gasteiger partial charge in [-0.2, -0.15) is 4.40 Å². The number of rotatable bonds is 5. The van der Waals surface area contributed by atoms with Gasteiger partial charge in [-0.1, -0.05) is 32.0 Å². The van der Waals surface area contributed by atoms with Crippen LogP contribution in [0.25, 0.3) is 0 Å². The summed E-state index contributed by atoms with van der Waals surface area (Å²) in [5, 5.41) is -0.671. The highest BCUT2D eigenvalue weighted by molar-refractivity contribution is 8.12. The van der Waals surface area contributed by atoms with Gasteiger partial charge in [0.15, 0.2) is 5.84 Å². The van der Waals surface area contributed by atoms with Gasteiger partial charge in [0.25, 0.3) is 11.1 Å². The molecule has 0 bridgehead atoms. The molecule has 2 rings (SSSR count). The predicted octanol–water partition coefficient (Wildman–Crippen LogP) is 2.23. The van der Waals surface area contributed by atoms with E-state index in [4.69, 9.17) is 5.73 Å². The number of fused-ring (bicyclic) bond motifs is 1. The molecule has 1 aliphatic rings. The summed E-state index contributed by atoms with van der Waals surface area (Å²) >= 11 is 0.562. The van der Waals surface area contributed by atoms with Crippen molar-refractivity contribution >= 4 is 35.2 Å². The van der Waals surface area contributed by atoms with E-state index >= 15 is 0 Å². The number of hydrogen-bond acceptors (Lipinski definition) is 5. The van der Waals surface area contributed by atoms with Crippen LogP contribution in [0.3, 0.4) is 0 Å². The van der Waals surface area contributed by atoms with E-state index in [9.17, 15) is 14.4 Å². The number of primary amides is 1. The van der Waals surface area contributed by atoms with Crippen molar-refractivity contribution in [2.75, 3.05) is 0 Å². The van der Waals surface area contributed by atoms with Crippen molar-refractivity contribution in [3.05, 3.63) is 35.4 Å². The Morgan fingerprint density at radius 1 is 1.36 bits per heavy atom. The normalized spacial score (nSPS) is 17.0. The fourth-order valence-electron chi connectivity index (χ4n) is 2.41. The second-order valence-electron chi connectivity index (χ2n) is 5.38. The van der Waals surface area contributed by atoms with Crippen molar-refractivity contribution in [3.8, 4) is 0 Å². The molecular weight excluding hydrogens is 302 g/mol. The molecule has 0 spiro atoms. The lowest BCUT2D eigenvalue weighted by molar-refractivity contribution is -0.111. The van der Waals surface area contributed by atoms with E-state index in [2.05, 4.69) is 4.40 Å². The summed E-state index contributed by atoms with van der Waals surface area (Å²) in [6, 6.07) is 6.33. The zero-order chi connectivity index (χ0) is 16.3. The molecule has 1 aliphatic heterocycles. The third kappa shape index (κ3) is 3.19. The van der Waals surface area contributed by atoms with Gasteiger partial charge in [-0.15, -0.1) is 0 Å². The molecule has 116 valence electrons. The molecule has 22 heavy (non-hydrogen) atoms. The average molecular weight is 319 g/mol. The zero-order valence-electron chi connectivity index (χ0n) is 12.4. The molecule has 0 fully saturated rings. The second kappa shape index (κ2) is 6.74. The first-order valence-corrected chi connectivity index (χ1v) is 7.65. The lowest BCUT2D eigenvalue weighted by atomic mass is 10.0. The lowest BCUT2D eigenvalue weighted by Gasteiger charge is -2.25. The molecule has 1 atom stereocenters. The van der Waals surface area contributed by atoms with E-state index in [-0.39, 0.29) is 11.8 Å². The molecule has 1 aromatic carbocycles. The Morgan fingerprint density at radius 3 is 2.55 bits per heavy atom. The van der Waals surface area contributed by atoms with Gasteiger partial charge < -0.3 is 10.5 Å². The summed E-state index contributed by atoms with van der Waals surface area (Å²) in [6.07, 6.45) is 1.26. The number of nitrogens with two attached hydrogens (primary N) is 1. The number of benzene rings is 1. The maximum Gasteiger partial charge on any atom is 0.299 e. The van der Waals surface area contributed by atoms with Gasteiger partial charge in [0.1, 0.15) is 6.29 Å². The van der Waals surface area contributed by atoms with Crippen molar-refractivity contribution in [1.29, 1.82) is 0 Å². The molecule has 1 unspecified atom stereocenters. The van der Waals surface area contributed by atoms with E-state index in [1.54, 1.807) is 24.3 Å². The van der Waals surface area contributed by atoms with Gasteiger partial charge in [-0.3, -0.25) is 14.5 Å². The Balaban J connectivity index is 2.47. The minimum absolute atomic E-state index is 0.233. The van der Waals surface area contributed by atoms with Crippen molar-refractivity contribution in [2.45, 2.75) is 26.3 Å². The topological polar surface area (TPSA) is 92.8 Å². The molecule has 6 nitrogen and oxygen atoms in total. The summed E-state index contributed by atoms with van der Waals surface area (Å²) < 4.78 is 4.08. The summed E-state index contributed by atoms with van der Waals surface area (Å²) in [7, 11) is 0. The summed E-state index contributed by atoms with van der Waals surface area (Å²) in [6.45, 7) is 3.94. The van der Waals surface area contributed by atoms with Crippen LogP contribution in [-0.4, -0.2) is 34.2 Å². The molecule has 0 aliphatic carbocycles. The SMILES string of the molecule is CC(C)CC(C=O)N1C(=O)c2ccccc2/C1=N/SC(N)=O. The first-order chi connectivity index (χ1) is 10.5. The number of amidine groups is 1. The fourth-order valence-corrected chi connectivity index (χ4v) is 2.78. The van der Waals surface area contributed by atoms with Crippen LogP contribution in [0, 0.1) is 5.92 Å². The van der Waals surface area contributed by atoms with Gasteiger partial charge in [0.2, 0.25) is 0 Å². The highest BCUT2D eigenvalue weighted by Crippen LogP contribution is 2.28. The van der Waals surface area contributed by atoms with Crippen LogP contribution in [0.5, 0.6) is 0 Å². The highest BCUT2D eigenvalue weighted by Gasteiger charge is 2.38. The second-order valence-corrected chi connectivity index (χ2v) is 6.15. The van der Waals surface area contributed by atoms with Gasteiger partial charge in [0, 0.05) is 5.56 Å². The number of aldehydes is 1. The average Bonchev–Trinajstić information content (AvgIpc) is 2.75. The maximum absolute atomic E-state index is 12.6. The van der Waals surface area contributed by atoms with Crippen LogP contribution >= 0.6 is 11.9 Å². The minimum Gasteiger partial charge on any atom is -0.359 e. The molecular formula is C15H17N3O3S. The largest absolute Gasteiger partial charge is 0.359 e. The molecule has 0 aromatic heterocycles. The van der Waals surface area contributed by atoms with Crippen LogP contribution in [0.1, 0.15) is 36.2 Å². The van der Waals surface area contributed by atoms with Crippen LogP contribution in [0.4, 0.5) is 4.79 Å². The highest BCUT2D eigenvalue weighted by atomic mass is 32.2. The third-order valence-corrected chi connectivity index (χ3v) is 3.71. The molecule has 0 saturated heterocycles. The number of carbonyl (C=O) groups is 3. The van der Waals surface area contributed by atoms with E-state index < -0.39 is 11.3 Å². The Bertz CT molecular complexity index is 643. The van der Waals surface area contributed by atoms with Crippen molar-refractivity contribution in [2.24, 2.45) is 16.0 Å². The number of nitrogens with zero attached hydrogens (tertiary/aromatic N) is 2. The van der Waals surface area contributed by atoms with Gasteiger partial charge in [-0.05, 0) is 18.4 Å². The van der Waals surface area contributed by atoms with Crippen molar-refractivity contribution in [3.63, 3.8) is 0 Å². The molecule has 2 amide bonds. The number of carbonyl (C=O) groups excluding carboxylic acids is 3. The van der Waals surface area contributed by atoms with Crippen LogP contribution in [-0.2, 0) is 4.79 Å². The predicted molar refractivity (Wildman–Crippen MR) is 85.6 cm³/mol. The van der Waals surface area contributed by atoms with E-state index in [1.165, 1.54) is 4.90 Å². The Morgan fingerprint density at radius 2 is 2.00 bits per heavy atom. The summed E-state index contributed by atoms with van der Waals surface area (Å²) in [5.41, 5.74) is 6.19. The standard InChI is InChI=1S/C15H17N3O3S/c1-9(2)7-10(8-19)18-13(17-22-15(16)21)11-5-3-4-6-12(11)14(18)20/h3-6,8-10H,7H2,1-2H3,(H2,16,21)/b17-13-. The minimum atomic E-state index is -0.671. The van der Waals surface area contributed by atoms with E-state index in [0.29, 0.717) is 35.3 Å². The number of hydrogen-bond donors (Lipinski definition) is 1. The van der Waals surface area contributed by atoms with Gasteiger partial charge in [-0.25, -0.2) is 0 Å². The first kappa shape index (κ1) is 16.2. The first-order valence-electron chi connectivity index (χ1n) is 6.88. The van der Waals surface area contributed by atoms with Crippen molar-refractivity contribution < 1.29 is 14.4 Å². The smallest absolute Gasteiger partial charge is 0.299 e. The zero-order valence-corrected chi connectivity index (χ0v) is 13.2. The third-order valence-electron chi connectivity index (χ3n) is 3.27. The molecule has 2 N–H and O–H groups in total. The van der Waals surface area contributed by atoms with Gasteiger partial charge >= 0.3 is 0 Å². The maximum atomic E-state index is 12.6. The van der Waals surface area contributed by atoms with E-state index in [1.807, 2.05) is 13.8 Å². The van der Waals surface area contributed by atoms with Crippen molar-refractivity contribution in [1.82, 2.24) is 4.90 Å². The fraction of sp³-hybridized carbons (Fsp3) is 0.333. The Labute approximate surface area is 132 Å². The summed E-state index contributed by atoms with van der Waals surface area (Å²) in [4.78, 5) is 36.4. The Kier molecular flexibility index (Phi) is 4.97. The Hall–Kier alpha value is -2.15. The van der Waals surface area contributed by atoms with E-state index in [0.717, 1.165) is 6.29 Å². The molecule has 1 heterocycles. The molecule has 0 saturated carbocycles. The molecule has 1 aromatic rings. The van der Waals surface area contributed by atoms with Crippen LogP contribution in [0.2, 0.25) is 0 Å².